The molecule has 0 aliphatic rings. The zero-order valence-corrected chi connectivity index (χ0v) is 29.8. The molecule has 50 heavy (non-hydrogen) atoms. The molecule has 11 heteroatoms. The van der Waals surface area contributed by atoms with Crippen molar-refractivity contribution in [2.75, 3.05) is 13.2 Å². The van der Waals surface area contributed by atoms with E-state index in [0.717, 1.165) is 33.3 Å². The van der Waals surface area contributed by atoms with E-state index in [2.05, 4.69) is 33.6 Å². The topological polar surface area (TPSA) is 97.6 Å². The van der Waals surface area contributed by atoms with Crippen LogP contribution in [-0.2, 0) is 28.6 Å². The number of aromatic carboxylic acids is 1. The van der Waals surface area contributed by atoms with Gasteiger partial charge in [-0.05, 0) is 71.3 Å². The summed E-state index contributed by atoms with van der Waals surface area (Å²) < 4.78 is 37.8. The number of carboxylic acids is 1. The Bertz CT molecular complexity index is 2170. The number of aromatic nitrogens is 1. The van der Waals surface area contributed by atoms with Gasteiger partial charge in [0, 0.05) is 56.6 Å². The van der Waals surface area contributed by atoms with Gasteiger partial charge in [0.25, 0.3) is 0 Å². The van der Waals surface area contributed by atoms with E-state index in [1.807, 2.05) is 54.6 Å². The van der Waals surface area contributed by atoms with Crippen LogP contribution in [0.1, 0.15) is 44.3 Å². The van der Waals surface area contributed by atoms with Crippen molar-refractivity contribution >= 4 is 61.7 Å². The maximum Gasteiger partial charge on any atom is 0.335 e. The Morgan fingerprint density at radius 1 is 0.760 bits per heavy atom. The molecule has 0 radical (unpaired) electrons. The van der Waals surface area contributed by atoms with E-state index in [4.69, 9.17) is 39.5 Å². The molecule has 5 aromatic carbocycles. The first kappa shape index (κ1) is 35.5. The highest BCUT2D eigenvalue weighted by Crippen LogP contribution is 2.38. The van der Waals surface area contributed by atoms with Crippen LogP contribution in [-0.4, -0.2) is 37.2 Å². The Balaban J connectivity index is 1.41. The molecule has 0 aliphatic carbocycles. The first-order chi connectivity index (χ1) is 24.1. The summed E-state index contributed by atoms with van der Waals surface area (Å²) in [7, 11) is -3.82. The number of hydrogen-bond donors (Lipinski definition) is 2. The maximum atomic E-state index is 13.3. The van der Waals surface area contributed by atoms with E-state index < -0.39 is 16.0 Å². The van der Waals surface area contributed by atoms with Crippen molar-refractivity contribution in [1.82, 2.24) is 9.29 Å². The van der Waals surface area contributed by atoms with Crippen LogP contribution in [0.4, 0.5) is 0 Å². The molecule has 0 saturated carbocycles. The summed E-state index contributed by atoms with van der Waals surface area (Å²) in [4.78, 5) is 11.3. The Hall–Kier alpha value is -4.31. The quantitative estimate of drug-likeness (QED) is 0.116. The van der Waals surface area contributed by atoms with Crippen molar-refractivity contribution in [2.24, 2.45) is 0 Å². The third-order valence-electron chi connectivity index (χ3n) is 8.47. The van der Waals surface area contributed by atoms with Gasteiger partial charge in [0.15, 0.2) is 0 Å². The third kappa shape index (κ3) is 8.18. The summed E-state index contributed by atoms with van der Waals surface area (Å²) in [5.74, 6) is -0.833. The molecule has 2 N–H and O–H groups in total. The first-order valence-electron chi connectivity index (χ1n) is 15.9. The molecule has 0 fully saturated rings. The van der Waals surface area contributed by atoms with Gasteiger partial charge in [-0.25, -0.2) is 17.9 Å². The molecule has 0 saturated heterocycles. The molecule has 7 nitrogen and oxygen atoms in total. The van der Waals surface area contributed by atoms with Crippen molar-refractivity contribution in [1.29, 1.82) is 0 Å². The number of nitrogens with zero attached hydrogens (tertiary/aromatic N) is 1. The van der Waals surface area contributed by atoms with Crippen LogP contribution in [0.2, 0.25) is 15.1 Å². The molecule has 6 rings (SSSR count). The minimum atomic E-state index is -3.82. The maximum absolute atomic E-state index is 13.3. The highest BCUT2D eigenvalue weighted by atomic mass is 35.5. The van der Waals surface area contributed by atoms with Gasteiger partial charge in [-0.1, -0.05) is 102 Å². The van der Waals surface area contributed by atoms with Crippen LogP contribution >= 0.6 is 34.8 Å². The summed E-state index contributed by atoms with van der Waals surface area (Å²) in [6, 6.07) is 37.0. The molecule has 0 amide bonds. The zero-order chi connectivity index (χ0) is 35.3. The second-order valence-electron chi connectivity index (χ2n) is 11.7. The van der Waals surface area contributed by atoms with Gasteiger partial charge in [-0.3, -0.25) is 0 Å². The van der Waals surface area contributed by atoms with Crippen molar-refractivity contribution in [3.05, 3.63) is 170 Å². The Morgan fingerprint density at radius 3 is 1.98 bits per heavy atom. The van der Waals surface area contributed by atoms with Crippen molar-refractivity contribution in [3.8, 4) is 5.75 Å². The highest BCUT2D eigenvalue weighted by molar-refractivity contribution is 7.88. The Labute approximate surface area is 306 Å². The largest absolute Gasteiger partial charge is 0.493 e. The van der Waals surface area contributed by atoms with Crippen LogP contribution in [0.3, 0.4) is 0 Å². The molecule has 0 unspecified atom stereocenters. The number of rotatable bonds is 14. The lowest BCUT2D eigenvalue weighted by Crippen LogP contribution is -2.28. The number of nitrogens with one attached hydrogen (secondary N) is 1. The normalized spacial score (nSPS) is 11.7. The second-order valence-corrected chi connectivity index (χ2v) is 14.8. The second kappa shape index (κ2) is 15.7. The van der Waals surface area contributed by atoms with Gasteiger partial charge < -0.3 is 14.4 Å². The fourth-order valence-corrected chi connectivity index (χ4v) is 8.28. The van der Waals surface area contributed by atoms with Crippen LogP contribution in [0.25, 0.3) is 10.9 Å². The molecule has 1 heterocycles. The van der Waals surface area contributed by atoms with Gasteiger partial charge in [-0.2, -0.15) is 0 Å². The van der Waals surface area contributed by atoms with E-state index in [0.29, 0.717) is 29.2 Å². The van der Waals surface area contributed by atoms with Gasteiger partial charge in [0.2, 0.25) is 10.0 Å². The lowest BCUT2D eigenvalue weighted by atomic mass is 9.97. The summed E-state index contributed by atoms with van der Waals surface area (Å²) >= 11 is 19.2. The monoisotopic (exact) mass is 746 g/mol. The summed E-state index contributed by atoms with van der Waals surface area (Å²) in [6.45, 7) is 0.387. The number of carbonyl (C=O) groups is 1. The summed E-state index contributed by atoms with van der Waals surface area (Å²) in [5.41, 5.74) is 5.45. The smallest absolute Gasteiger partial charge is 0.335 e. The number of halogens is 3. The van der Waals surface area contributed by atoms with Gasteiger partial charge in [-0.15, -0.1) is 0 Å². The van der Waals surface area contributed by atoms with Gasteiger partial charge in [0.05, 0.1) is 24.0 Å². The number of benzene rings is 5. The van der Waals surface area contributed by atoms with Crippen LogP contribution in [0.15, 0.2) is 121 Å². The molecule has 6 aromatic rings. The predicted molar refractivity (Wildman–Crippen MR) is 200 cm³/mol. The third-order valence-corrected chi connectivity index (χ3v) is 10.7. The van der Waals surface area contributed by atoms with Crippen molar-refractivity contribution < 1.29 is 23.1 Å². The molecular weight excluding hydrogens is 715 g/mol. The molecule has 0 atom stereocenters. The average Bonchev–Trinajstić information content (AvgIpc) is 3.39. The molecular formula is C39H33Cl3N2O5S. The number of carboxylic acid groups (broad SMARTS) is 1. The van der Waals surface area contributed by atoms with Crippen LogP contribution in [0.5, 0.6) is 5.75 Å². The minimum absolute atomic E-state index is 0.106. The summed E-state index contributed by atoms with van der Waals surface area (Å²) in [6.07, 6.45) is 0.818. The standard InChI is InChI=1S/C39H33Cl3N2O5S/c40-29-16-19-36-32(24-29)31(21-23-49-30-17-14-28(15-18-30)39(45)46)37(20-22-43-50(47,48)25-33-34(41)12-7-13-35(33)42)44(36)38(26-8-3-1-4-9-26)27-10-5-2-6-11-27/h1-19,24,38,43H,20-23,25H2,(H,45,46). The van der Waals surface area contributed by atoms with Crippen molar-refractivity contribution in [3.63, 3.8) is 0 Å². The molecule has 1 aromatic heterocycles. The number of ether oxygens (including phenoxy) is 1. The highest BCUT2D eigenvalue weighted by Gasteiger charge is 2.26. The average molecular weight is 748 g/mol. The number of hydrogen-bond acceptors (Lipinski definition) is 4. The number of sulfonamides is 1. The minimum Gasteiger partial charge on any atom is -0.493 e. The van der Waals surface area contributed by atoms with Crippen LogP contribution < -0.4 is 9.46 Å². The van der Waals surface area contributed by atoms with Gasteiger partial charge >= 0.3 is 5.97 Å². The molecule has 0 spiro atoms. The van der Waals surface area contributed by atoms with E-state index in [-0.39, 0.29) is 40.6 Å². The van der Waals surface area contributed by atoms with Gasteiger partial charge in [0.1, 0.15) is 5.75 Å². The first-order valence-corrected chi connectivity index (χ1v) is 18.7. The fourth-order valence-electron chi connectivity index (χ4n) is 6.21. The Kier molecular flexibility index (Phi) is 11.2. The van der Waals surface area contributed by atoms with E-state index >= 15 is 0 Å². The van der Waals surface area contributed by atoms with E-state index in [1.54, 1.807) is 30.3 Å². The van der Waals surface area contributed by atoms with Crippen molar-refractivity contribution in [2.45, 2.75) is 24.6 Å². The SMILES string of the molecule is O=C(O)c1ccc(OCCc2c(CCNS(=O)(=O)Cc3c(Cl)cccc3Cl)n(C(c3ccccc3)c3ccccc3)c3ccc(Cl)cc23)cc1. The lowest BCUT2D eigenvalue weighted by molar-refractivity contribution is 0.0697. The van der Waals surface area contributed by atoms with E-state index in [9.17, 15) is 18.3 Å². The fraction of sp³-hybridized carbons (Fsp3) is 0.154. The lowest BCUT2D eigenvalue weighted by Gasteiger charge is -2.25. The molecule has 0 bridgehead atoms. The predicted octanol–water partition coefficient (Wildman–Crippen LogP) is 9.22. The molecule has 256 valence electrons. The van der Waals surface area contributed by atoms with Crippen LogP contribution in [0, 0.1) is 0 Å². The Morgan fingerprint density at radius 2 is 1.38 bits per heavy atom. The summed E-state index contributed by atoms with van der Waals surface area (Å²) in [5, 5.41) is 11.3. The molecule has 0 aliphatic heterocycles. The zero-order valence-electron chi connectivity index (χ0n) is 26.7. The number of fused-ring (bicyclic) bond motifs is 1. The van der Waals surface area contributed by atoms with E-state index in [1.165, 1.54) is 12.1 Å².